The van der Waals surface area contributed by atoms with Gasteiger partial charge >= 0.3 is 0 Å². The highest BCUT2D eigenvalue weighted by Gasteiger charge is 2.48. The van der Waals surface area contributed by atoms with Gasteiger partial charge in [0.1, 0.15) is 0 Å². The van der Waals surface area contributed by atoms with Gasteiger partial charge in [-0.05, 0) is 49.1 Å². The van der Waals surface area contributed by atoms with Crippen LogP contribution in [0.3, 0.4) is 0 Å². The van der Waals surface area contributed by atoms with Gasteiger partial charge in [-0.15, -0.1) is 0 Å². The minimum absolute atomic E-state index is 0.194. The number of carbonyl (C=O) groups is 1. The molecule has 0 radical (unpaired) electrons. The quantitative estimate of drug-likeness (QED) is 0.743. The fourth-order valence-corrected chi connectivity index (χ4v) is 5.74. The zero-order valence-electron chi connectivity index (χ0n) is 14.3. The fourth-order valence-electron chi connectivity index (χ4n) is 5.74. The molecule has 0 bridgehead atoms. The zero-order chi connectivity index (χ0) is 17.1. The molecule has 1 unspecified atom stereocenters. The van der Waals surface area contributed by atoms with Crippen molar-refractivity contribution >= 4 is 16.8 Å². The number of carbonyl (C=O) groups excluding carboxylic acids is 1. The molecule has 25 heavy (non-hydrogen) atoms. The van der Waals surface area contributed by atoms with Gasteiger partial charge in [0.25, 0.3) is 0 Å². The summed E-state index contributed by atoms with van der Waals surface area (Å²) in [4.78, 5) is 18.2. The third-order valence-electron chi connectivity index (χ3n) is 6.88. The highest BCUT2D eigenvalue weighted by Crippen LogP contribution is 2.48. The maximum atomic E-state index is 12.0. The van der Waals surface area contributed by atoms with Crippen LogP contribution in [0, 0.1) is 17.8 Å². The number of amides is 1. The molecule has 4 N–H and O–H groups in total. The number of hydrogen-bond donors (Lipinski definition) is 3. The molecule has 1 saturated heterocycles. The van der Waals surface area contributed by atoms with Crippen molar-refractivity contribution in [3.05, 3.63) is 35.5 Å². The standard InChI is InChI=1S/C20H25N3O2/c21-20(25)18-14-9-16-19-13(12-3-1-2-4-15(12)22-19)7-8-23(16)10-11(14)5-6-17(18)24/h1-4,11,14,16-18,22,24H,5-10H2,(H2,21,25)/t11-,14-,16-,17-,18?/m0/s1. The number of aliphatic hydroxyl groups is 1. The molecular formula is C20H25N3O2. The van der Waals surface area contributed by atoms with E-state index in [1.807, 2.05) is 0 Å². The number of primary amides is 1. The Morgan fingerprint density at radius 1 is 1.28 bits per heavy atom. The minimum atomic E-state index is -0.573. The monoisotopic (exact) mass is 339 g/mol. The first-order valence-electron chi connectivity index (χ1n) is 9.44. The van der Waals surface area contributed by atoms with Crippen molar-refractivity contribution in [2.45, 2.75) is 37.8 Å². The predicted molar refractivity (Wildman–Crippen MR) is 95.8 cm³/mol. The number of nitrogens with two attached hydrogens (primary N) is 1. The van der Waals surface area contributed by atoms with Crippen molar-refractivity contribution in [1.29, 1.82) is 0 Å². The van der Waals surface area contributed by atoms with Crippen molar-refractivity contribution in [3.8, 4) is 0 Å². The van der Waals surface area contributed by atoms with Gasteiger partial charge in [-0.3, -0.25) is 9.69 Å². The first kappa shape index (κ1) is 15.4. The lowest BCUT2D eigenvalue weighted by molar-refractivity contribution is -0.135. The summed E-state index contributed by atoms with van der Waals surface area (Å²) in [7, 11) is 0. The van der Waals surface area contributed by atoms with E-state index in [0.717, 1.165) is 32.4 Å². The van der Waals surface area contributed by atoms with Crippen molar-refractivity contribution in [2.24, 2.45) is 23.5 Å². The smallest absolute Gasteiger partial charge is 0.223 e. The third-order valence-corrected chi connectivity index (χ3v) is 6.88. The molecule has 5 heteroatoms. The lowest BCUT2D eigenvalue weighted by Gasteiger charge is -2.51. The fraction of sp³-hybridized carbons (Fsp3) is 0.550. The molecule has 1 aromatic carbocycles. The van der Waals surface area contributed by atoms with Crippen LogP contribution in [0.25, 0.3) is 10.9 Å². The average molecular weight is 339 g/mol. The van der Waals surface area contributed by atoms with Gasteiger partial charge in [0.2, 0.25) is 5.91 Å². The second-order valence-electron chi connectivity index (χ2n) is 8.06. The van der Waals surface area contributed by atoms with Gasteiger partial charge in [-0.2, -0.15) is 0 Å². The molecule has 5 atom stereocenters. The van der Waals surface area contributed by atoms with Gasteiger partial charge in [-0.25, -0.2) is 0 Å². The van der Waals surface area contributed by atoms with Crippen LogP contribution in [-0.4, -0.2) is 40.1 Å². The van der Waals surface area contributed by atoms with E-state index in [1.165, 1.54) is 22.2 Å². The molecular weight excluding hydrogens is 314 g/mol. The van der Waals surface area contributed by atoms with E-state index >= 15 is 0 Å². The van der Waals surface area contributed by atoms with E-state index in [2.05, 4.69) is 34.1 Å². The summed E-state index contributed by atoms with van der Waals surface area (Å²) in [6, 6.07) is 8.81. The van der Waals surface area contributed by atoms with E-state index in [4.69, 9.17) is 5.73 Å². The Labute approximate surface area is 147 Å². The largest absolute Gasteiger partial charge is 0.392 e. The van der Waals surface area contributed by atoms with Crippen molar-refractivity contribution in [2.75, 3.05) is 13.1 Å². The number of nitrogens with one attached hydrogen (secondary N) is 1. The van der Waals surface area contributed by atoms with Gasteiger partial charge in [0.15, 0.2) is 0 Å². The molecule has 1 aromatic heterocycles. The molecule has 2 aromatic rings. The normalized spacial score (nSPS) is 35.0. The number of para-hydroxylation sites is 1. The summed E-state index contributed by atoms with van der Waals surface area (Å²) in [6.45, 7) is 2.09. The zero-order valence-corrected chi connectivity index (χ0v) is 14.3. The highest BCUT2D eigenvalue weighted by atomic mass is 16.3. The maximum absolute atomic E-state index is 12.0. The number of hydrogen-bond acceptors (Lipinski definition) is 3. The summed E-state index contributed by atoms with van der Waals surface area (Å²) in [6.07, 6.45) is 3.11. The van der Waals surface area contributed by atoms with E-state index < -0.39 is 12.0 Å². The molecule has 1 amide bonds. The summed E-state index contributed by atoms with van der Waals surface area (Å²) < 4.78 is 0. The minimum Gasteiger partial charge on any atom is -0.392 e. The van der Waals surface area contributed by atoms with Crippen LogP contribution in [0.5, 0.6) is 0 Å². The van der Waals surface area contributed by atoms with Crippen LogP contribution in [0.2, 0.25) is 0 Å². The molecule has 2 aliphatic heterocycles. The van der Waals surface area contributed by atoms with Gasteiger partial charge in [0.05, 0.1) is 18.1 Å². The Morgan fingerprint density at radius 2 is 2.12 bits per heavy atom. The molecule has 1 saturated carbocycles. The topological polar surface area (TPSA) is 82.4 Å². The van der Waals surface area contributed by atoms with Crippen molar-refractivity contribution in [1.82, 2.24) is 9.88 Å². The van der Waals surface area contributed by atoms with Crippen molar-refractivity contribution in [3.63, 3.8) is 0 Å². The van der Waals surface area contributed by atoms with E-state index in [9.17, 15) is 9.90 Å². The van der Waals surface area contributed by atoms with Crippen LogP contribution in [-0.2, 0) is 11.2 Å². The maximum Gasteiger partial charge on any atom is 0.223 e. The average Bonchev–Trinajstić information content (AvgIpc) is 2.99. The number of aliphatic hydroxyl groups excluding tert-OH is 1. The van der Waals surface area contributed by atoms with Crippen molar-refractivity contribution < 1.29 is 9.90 Å². The summed E-state index contributed by atoms with van der Waals surface area (Å²) in [5.74, 6) is -0.0538. The molecule has 0 spiro atoms. The third kappa shape index (κ3) is 2.26. The summed E-state index contributed by atoms with van der Waals surface area (Å²) in [5, 5.41) is 11.7. The summed E-state index contributed by atoms with van der Waals surface area (Å²) in [5.41, 5.74) is 9.62. The predicted octanol–water partition coefficient (Wildman–Crippen LogP) is 1.96. The Morgan fingerprint density at radius 3 is 2.96 bits per heavy atom. The molecule has 3 heterocycles. The highest BCUT2D eigenvalue weighted by molar-refractivity contribution is 5.85. The Kier molecular flexibility index (Phi) is 3.44. The number of aromatic nitrogens is 1. The molecule has 5 rings (SSSR count). The number of aromatic amines is 1. The van der Waals surface area contributed by atoms with E-state index in [-0.39, 0.29) is 11.8 Å². The van der Waals surface area contributed by atoms with E-state index in [0.29, 0.717) is 18.4 Å². The number of H-pyrrole nitrogens is 1. The lowest BCUT2D eigenvalue weighted by atomic mass is 9.64. The Balaban J connectivity index is 1.54. The first-order valence-corrected chi connectivity index (χ1v) is 9.44. The number of nitrogens with zero attached hydrogens (tertiary/aromatic N) is 1. The molecule has 132 valence electrons. The van der Waals surface area contributed by atoms with Crippen LogP contribution in [0.1, 0.15) is 36.6 Å². The molecule has 1 aliphatic carbocycles. The number of piperidine rings is 1. The number of rotatable bonds is 1. The lowest BCUT2D eigenvalue weighted by Crippen LogP contribution is -2.54. The van der Waals surface area contributed by atoms with E-state index in [1.54, 1.807) is 0 Å². The second-order valence-corrected chi connectivity index (χ2v) is 8.06. The Hall–Kier alpha value is -1.85. The van der Waals surface area contributed by atoms with Crippen LogP contribution in [0.4, 0.5) is 0 Å². The van der Waals surface area contributed by atoms with Gasteiger partial charge in [-0.1, -0.05) is 18.2 Å². The molecule has 5 nitrogen and oxygen atoms in total. The second kappa shape index (κ2) is 5.58. The Bertz CT molecular complexity index is 829. The van der Waals surface area contributed by atoms with Crippen LogP contribution < -0.4 is 5.73 Å². The van der Waals surface area contributed by atoms with Gasteiger partial charge in [0, 0.05) is 29.7 Å². The summed E-state index contributed by atoms with van der Waals surface area (Å²) >= 11 is 0. The number of benzene rings is 1. The molecule has 3 aliphatic rings. The van der Waals surface area contributed by atoms with Crippen LogP contribution in [0.15, 0.2) is 24.3 Å². The SMILES string of the molecule is NC(=O)C1[C@H]2C[C@H]3c4[nH]c5ccccc5c4CCN3C[C@@H]2CC[C@@H]1O. The first-order chi connectivity index (χ1) is 12.1. The number of fused-ring (bicyclic) bond motifs is 6. The van der Waals surface area contributed by atoms with Gasteiger partial charge < -0.3 is 15.8 Å². The van der Waals surface area contributed by atoms with Crippen LogP contribution >= 0.6 is 0 Å². The molecule has 2 fully saturated rings.